The van der Waals surface area contributed by atoms with E-state index in [-0.39, 0.29) is 19.2 Å². The number of aliphatic hydroxyl groups is 1. The van der Waals surface area contributed by atoms with Crippen LogP contribution in [0.4, 0.5) is 10.5 Å². The lowest BCUT2D eigenvalue weighted by atomic mass is 10.2. The predicted octanol–water partition coefficient (Wildman–Crippen LogP) is 2.11. The first-order chi connectivity index (χ1) is 10.7. The van der Waals surface area contributed by atoms with Gasteiger partial charge in [0.2, 0.25) is 0 Å². The minimum absolute atomic E-state index is 0.108. The van der Waals surface area contributed by atoms with E-state index in [0.29, 0.717) is 11.4 Å². The topological polar surface area (TPSA) is 78.4 Å². The van der Waals surface area contributed by atoms with Crippen molar-refractivity contribution in [3.05, 3.63) is 60.2 Å². The zero-order valence-electron chi connectivity index (χ0n) is 12.0. The molecule has 1 unspecified atom stereocenters. The van der Waals surface area contributed by atoms with Gasteiger partial charge >= 0.3 is 6.03 Å². The van der Waals surface area contributed by atoms with E-state index in [2.05, 4.69) is 10.6 Å². The van der Waals surface area contributed by atoms with E-state index >= 15 is 0 Å². The Hall–Kier alpha value is -2.18. The van der Waals surface area contributed by atoms with Crippen LogP contribution in [0.3, 0.4) is 0 Å². The van der Waals surface area contributed by atoms with Gasteiger partial charge in [-0.25, -0.2) is 4.79 Å². The molecule has 0 bridgehead atoms. The van der Waals surface area contributed by atoms with E-state index in [1.54, 1.807) is 18.2 Å². The molecular formula is C16H18N2O3S. The summed E-state index contributed by atoms with van der Waals surface area (Å²) < 4.78 is 12.3. The highest BCUT2D eigenvalue weighted by molar-refractivity contribution is 7.84. The molecule has 1 atom stereocenters. The van der Waals surface area contributed by atoms with Gasteiger partial charge in [-0.2, -0.15) is 0 Å². The quantitative estimate of drug-likeness (QED) is 0.763. The molecule has 6 heteroatoms. The van der Waals surface area contributed by atoms with Crippen LogP contribution >= 0.6 is 0 Å². The van der Waals surface area contributed by atoms with E-state index in [9.17, 15) is 9.00 Å². The van der Waals surface area contributed by atoms with Crippen molar-refractivity contribution >= 4 is 22.5 Å². The molecule has 0 spiro atoms. The normalized spacial score (nSPS) is 11.7. The number of carbonyl (C=O) groups is 1. The molecule has 0 aliphatic rings. The Labute approximate surface area is 131 Å². The van der Waals surface area contributed by atoms with Crippen LogP contribution in [-0.2, 0) is 16.6 Å². The van der Waals surface area contributed by atoms with Gasteiger partial charge in [0.05, 0.1) is 23.2 Å². The Balaban J connectivity index is 1.99. The molecule has 116 valence electrons. The van der Waals surface area contributed by atoms with Crippen LogP contribution < -0.4 is 10.6 Å². The number of carbonyl (C=O) groups excluding carboxylic acids is 1. The Kier molecular flexibility index (Phi) is 6.12. The van der Waals surface area contributed by atoms with E-state index in [0.717, 1.165) is 10.5 Å². The molecule has 0 radical (unpaired) electrons. The fraction of sp³-hybridized carbons (Fsp3) is 0.188. The van der Waals surface area contributed by atoms with Crippen molar-refractivity contribution in [2.45, 2.75) is 10.6 Å². The van der Waals surface area contributed by atoms with Gasteiger partial charge in [-0.05, 0) is 29.8 Å². The molecule has 2 amide bonds. The minimum Gasteiger partial charge on any atom is -0.395 e. The predicted molar refractivity (Wildman–Crippen MR) is 87.1 cm³/mol. The lowest BCUT2D eigenvalue weighted by Gasteiger charge is -2.08. The van der Waals surface area contributed by atoms with Crippen LogP contribution in [0.25, 0.3) is 0 Å². The Morgan fingerprint density at radius 2 is 1.86 bits per heavy atom. The second kappa shape index (κ2) is 8.31. The molecule has 0 saturated carbocycles. The summed E-state index contributed by atoms with van der Waals surface area (Å²) in [5.74, 6) is 0.387. The molecule has 2 rings (SSSR count). The molecule has 2 aromatic rings. The van der Waals surface area contributed by atoms with Crippen LogP contribution in [0.2, 0.25) is 0 Å². The summed E-state index contributed by atoms with van der Waals surface area (Å²) in [5, 5.41) is 13.8. The number of nitrogens with one attached hydrogen (secondary N) is 2. The van der Waals surface area contributed by atoms with Gasteiger partial charge < -0.3 is 15.7 Å². The SMILES string of the molecule is O=C(NCCO)Nc1cccc(CS(=O)c2ccccc2)c1. The first kappa shape index (κ1) is 16.2. The van der Waals surface area contributed by atoms with Crippen molar-refractivity contribution in [3.8, 4) is 0 Å². The van der Waals surface area contributed by atoms with Crippen molar-refractivity contribution in [1.82, 2.24) is 5.32 Å². The molecule has 0 aliphatic carbocycles. The number of anilines is 1. The highest BCUT2D eigenvalue weighted by atomic mass is 32.2. The molecule has 0 aliphatic heterocycles. The Bertz CT molecular complexity index is 647. The zero-order chi connectivity index (χ0) is 15.8. The van der Waals surface area contributed by atoms with Crippen molar-refractivity contribution in [1.29, 1.82) is 0 Å². The van der Waals surface area contributed by atoms with Crippen LogP contribution in [0.15, 0.2) is 59.5 Å². The second-order valence-corrected chi connectivity index (χ2v) is 6.06. The average molecular weight is 318 g/mol. The van der Waals surface area contributed by atoms with Crippen molar-refractivity contribution < 1.29 is 14.1 Å². The van der Waals surface area contributed by atoms with E-state index in [1.165, 1.54) is 0 Å². The van der Waals surface area contributed by atoms with E-state index in [4.69, 9.17) is 5.11 Å². The number of benzene rings is 2. The van der Waals surface area contributed by atoms with Crippen LogP contribution in [-0.4, -0.2) is 28.5 Å². The fourth-order valence-electron chi connectivity index (χ4n) is 1.89. The number of hydrogen-bond acceptors (Lipinski definition) is 3. The standard InChI is InChI=1S/C16H18N2O3S/c19-10-9-17-16(20)18-14-6-4-5-13(11-14)12-22(21)15-7-2-1-3-8-15/h1-8,11,19H,9-10,12H2,(H2,17,18,20). The van der Waals surface area contributed by atoms with Gasteiger partial charge in [-0.15, -0.1) is 0 Å². The molecule has 3 N–H and O–H groups in total. The first-order valence-corrected chi connectivity index (χ1v) is 8.19. The molecular weight excluding hydrogens is 300 g/mol. The van der Waals surface area contributed by atoms with E-state index in [1.807, 2.05) is 36.4 Å². The second-order valence-electron chi connectivity index (χ2n) is 4.61. The van der Waals surface area contributed by atoms with Gasteiger partial charge in [-0.3, -0.25) is 4.21 Å². The van der Waals surface area contributed by atoms with Gasteiger partial charge in [0, 0.05) is 17.1 Å². The monoisotopic (exact) mass is 318 g/mol. The maximum Gasteiger partial charge on any atom is 0.319 e. The summed E-state index contributed by atoms with van der Waals surface area (Å²) >= 11 is 0. The zero-order valence-corrected chi connectivity index (χ0v) is 12.8. The van der Waals surface area contributed by atoms with Crippen LogP contribution in [0.1, 0.15) is 5.56 Å². The molecule has 22 heavy (non-hydrogen) atoms. The number of urea groups is 1. The maximum atomic E-state index is 12.3. The number of aliphatic hydroxyl groups excluding tert-OH is 1. The summed E-state index contributed by atoms with van der Waals surface area (Å²) in [5.41, 5.74) is 1.50. The summed E-state index contributed by atoms with van der Waals surface area (Å²) in [4.78, 5) is 12.3. The van der Waals surface area contributed by atoms with Crippen molar-refractivity contribution in [3.63, 3.8) is 0 Å². The van der Waals surface area contributed by atoms with Crippen molar-refractivity contribution in [2.75, 3.05) is 18.5 Å². The van der Waals surface area contributed by atoms with Gasteiger partial charge in [0.25, 0.3) is 0 Å². The largest absolute Gasteiger partial charge is 0.395 e. The fourth-order valence-corrected chi connectivity index (χ4v) is 3.00. The highest BCUT2D eigenvalue weighted by Crippen LogP contribution is 2.15. The van der Waals surface area contributed by atoms with Crippen LogP contribution in [0.5, 0.6) is 0 Å². The molecule has 0 saturated heterocycles. The molecule has 2 aromatic carbocycles. The summed E-state index contributed by atoms with van der Waals surface area (Å²) in [6, 6.07) is 16.1. The smallest absolute Gasteiger partial charge is 0.319 e. The summed E-state index contributed by atoms with van der Waals surface area (Å²) in [6.07, 6.45) is 0. The van der Waals surface area contributed by atoms with Crippen LogP contribution in [0, 0.1) is 0 Å². The maximum absolute atomic E-state index is 12.3. The molecule has 0 fully saturated rings. The molecule has 0 aromatic heterocycles. The number of amides is 2. The Morgan fingerprint density at radius 3 is 2.59 bits per heavy atom. The van der Waals surface area contributed by atoms with Gasteiger partial charge in [0.15, 0.2) is 0 Å². The average Bonchev–Trinajstić information content (AvgIpc) is 2.54. The summed E-state index contributed by atoms with van der Waals surface area (Å²) in [6.45, 7) is 0.0903. The van der Waals surface area contributed by atoms with Gasteiger partial charge in [-0.1, -0.05) is 30.3 Å². The third-order valence-corrected chi connectivity index (χ3v) is 4.28. The Morgan fingerprint density at radius 1 is 1.09 bits per heavy atom. The minimum atomic E-state index is -1.12. The number of hydrogen-bond donors (Lipinski definition) is 3. The lowest BCUT2D eigenvalue weighted by Crippen LogP contribution is -2.30. The highest BCUT2D eigenvalue weighted by Gasteiger charge is 2.06. The molecule has 0 heterocycles. The number of rotatable bonds is 6. The third-order valence-electron chi connectivity index (χ3n) is 2.89. The van der Waals surface area contributed by atoms with E-state index < -0.39 is 10.8 Å². The van der Waals surface area contributed by atoms with Gasteiger partial charge in [0.1, 0.15) is 0 Å². The lowest BCUT2D eigenvalue weighted by molar-refractivity contribution is 0.245. The molecule has 5 nitrogen and oxygen atoms in total. The first-order valence-electron chi connectivity index (χ1n) is 6.87. The van der Waals surface area contributed by atoms with Crippen molar-refractivity contribution in [2.24, 2.45) is 0 Å². The third kappa shape index (κ3) is 4.98. The summed E-state index contributed by atoms with van der Waals surface area (Å²) in [7, 11) is -1.12.